The molecule has 0 aromatic carbocycles. The highest BCUT2D eigenvalue weighted by molar-refractivity contribution is 5.46. The van der Waals surface area contributed by atoms with Gasteiger partial charge in [0.1, 0.15) is 11.9 Å². The molecule has 0 unspecified atom stereocenters. The van der Waals surface area contributed by atoms with E-state index < -0.39 is 11.7 Å². The van der Waals surface area contributed by atoms with Gasteiger partial charge in [-0.05, 0) is 49.4 Å². The Balaban J connectivity index is 1.67. The topological polar surface area (TPSA) is 47.0 Å². The summed E-state index contributed by atoms with van der Waals surface area (Å²) in [6, 6.07) is 5.77. The molecular weight excluding hydrogens is 319 g/mol. The van der Waals surface area contributed by atoms with Gasteiger partial charge in [0.05, 0.1) is 5.56 Å². The maximum atomic E-state index is 13.0. The van der Waals surface area contributed by atoms with Gasteiger partial charge in [0.25, 0.3) is 0 Å². The standard InChI is InChI=1S/C17H18F3N3O/c18-17(19,20)14-6-3-8-22-16(14)23-11-12-7-9-21-15(10-12)24-13-4-1-2-5-13/h3,6-10,13H,1-2,4-5,11H2,(H,22,23). The van der Waals surface area contributed by atoms with Gasteiger partial charge in [0, 0.05) is 25.0 Å². The first-order chi connectivity index (χ1) is 11.5. The largest absolute Gasteiger partial charge is 0.474 e. The molecule has 4 nitrogen and oxygen atoms in total. The highest BCUT2D eigenvalue weighted by Crippen LogP contribution is 2.33. The number of hydrogen-bond acceptors (Lipinski definition) is 4. The zero-order chi connectivity index (χ0) is 17.0. The van der Waals surface area contributed by atoms with Crippen molar-refractivity contribution in [3.8, 4) is 5.88 Å². The van der Waals surface area contributed by atoms with Gasteiger partial charge in [-0.1, -0.05) is 0 Å². The molecule has 1 aliphatic rings. The lowest BCUT2D eigenvalue weighted by atomic mass is 10.2. The third-order valence-electron chi connectivity index (χ3n) is 3.96. The van der Waals surface area contributed by atoms with Crippen molar-refractivity contribution in [2.45, 2.75) is 44.5 Å². The van der Waals surface area contributed by atoms with E-state index in [4.69, 9.17) is 4.74 Å². The number of hydrogen-bond donors (Lipinski definition) is 1. The number of anilines is 1. The molecule has 1 saturated carbocycles. The number of halogens is 3. The molecule has 0 atom stereocenters. The summed E-state index contributed by atoms with van der Waals surface area (Å²) in [5.74, 6) is 0.332. The maximum absolute atomic E-state index is 13.0. The second-order valence-electron chi connectivity index (χ2n) is 5.78. The highest BCUT2D eigenvalue weighted by Gasteiger charge is 2.33. The molecule has 2 aromatic heterocycles. The van der Waals surface area contributed by atoms with Crippen molar-refractivity contribution in [3.05, 3.63) is 47.8 Å². The molecule has 1 aliphatic carbocycles. The van der Waals surface area contributed by atoms with Gasteiger partial charge in [-0.25, -0.2) is 9.97 Å². The number of alkyl halides is 3. The van der Waals surface area contributed by atoms with Crippen molar-refractivity contribution < 1.29 is 17.9 Å². The lowest BCUT2D eigenvalue weighted by Crippen LogP contribution is -2.13. The fraction of sp³-hybridized carbons (Fsp3) is 0.412. The van der Waals surface area contributed by atoms with Crippen LogP contribution in [0.3, 0.4) is 0 Å². The Morgan fingerprint density at radius 3 is 2.67 bits per heavy atom. The van der Waals surface area contributed by atoms with Crippen LogP contribution in [0.4, 0.5) is 19.0 Å². The molecule has 128 valence electrons. The third kappa shape index (κ3) is 4.15. The van der Waals surface area contributed by atoms with E-state index in [1.165, 1.54) is 12.3 Å². The Morgan fingerprint density at radius 2 is 1.92 bits per heavy atom. The highest BCUT2D eigenvalue weighted by atomic mass is 19.4. The molecule has 0 bridgehead atoms. The predicted molar refractivity (Wildman–Crippen MR) is 83.7 cm³/mol. The molecule has 0 aliphatic heterocycles. The van der Waals surface area contributed by atoms with E-state index in [1.807, 2.05) is 0 Å². The minimum absolute atomic E-state index is 0.180. The number of rotatable bonds is 5. The van der Waals surface area contributed by atoms with E-state index in [9.17, 15) is 13.2 Å². The molecule has 0 saturated heterocycles. The van der Waals surface area contributed by atoms with Crippen LogP contribution >= 0.6 is 0 Å². The number of pyridine rings is 2. The van der Waals surface area contributed by atoms with Crippen molar-refractivity contribution in [1.29, 1.82) is 0 Å². The average molecular weight is 337 g/mol. The fourth-order valence-corrected chi connectivity index (χ4v) is 2.76. The van der Waals surface area contributed by atoms with Gasteiger partial charge in [-0.3, -0.25) is 0 Å². The summed E-state index contributed by atoms with van der Waals surface area (Å²) in [4.78, 5) is 7.96. The first kappa shape index (κ1) is 16.5. The molecule has 0 radical (unpaired) electrons. The molecule has 2 heterocycles. The number of nitrogens with one attached hydrogen (secondary N) is 1. The predicted octanol–water partition coefficient (Wildman–Crippen LogP) is 4.43. The van der Waals surface area contributed by atoms with Crippen LogP contribution in [0.2, 0.25) is 0 Å². The Kier molecular flexibility index (Phi) is 4.87. The SMILES string of the molecule is FC(F)(F)c1cccnc1NCc1ccnc(OC2CCCC2)c1. The van der Waals surface area contributed by atoms with Crippen molar-refractivity contribution >= 4 is 5.82 Å². The zero-order valence-electron chi connectivity index (χ0n) is 13.0. The molecular formula is C17H18F3N3O. The van der Waals surface area contributed by atoms with Crippen LogP contribution in [-0.4, -0.2) is 16.1 Å². The number of aromatic nitrogens is 2. The fourth-order valence-electron chi connectivity index (χ4n) is 2.76. The van der Waals surface area contributed by atoms with Crippen LogP contribution in [0.15, 0.2) is 36.7 Å². The molecule has 7 heteroatoms. The van der Waals surface area contributed by atoms with Crippen LogP contribution < -0.4 is 10.1 Å². The van der Waals surface area contributed by atoms with Gasteiger partial charge in [0.15, 0.2) is 0 Å². The zero-order valence-corrected chi connectivity index (χ0v) is 13.0. The Bertz CT molecular complexity index is 685. The minimum Gasteiger partial charge on any atom is -0.474 e. The summed E-state index contributed by atoms with van der Waals surface area (Å²) < 4.78 is 44.7. The quantitative estimate of drug-likeness (QED) is 0.877. The van der Waals surface area contributed by atoms with Gasteiger partial charge in [-0.15, -0.1) is 0 Å². The van der Waals surface area contributed by atoms with Gasteiger partial charge in [-0.2, -0.15) is 13.2 Å². The molecule has 2 aromatic rings. The monoisotopic (exact) mass is 337 g/mol. The van der Waals surface area contributed by atoms with Crippen LogP contribution in [-0.2, 0) is 12.7 Å². The molecule has 1 N–H and O–H groups in total. The van der Waals surface area contributed by atoms with Gasteiger partial charge in [0.2, 0.25) is 5.88 Å². The third-order valence-corrected chi connectivity index (χ3v) is 3.96. The van der Waals surface area contributed by atoms with Crippen LogP contribution in [0.1, 0.15) is 36.8 Å². The van der Waals surface area contributed by atoms with Crippen LogP contribution in [0, 0.1) is 0 Å². The normalized spacial score (nSPS) is 15.5. The van der Waals surface area contributed by atoms with Crippen LogP contribution in [0.25, 0.3) is 0 Å². The molecule has 24 heavy (non-hydrogen) atoms. The molecule has 0 spiro atoms. The van der Waals surface area contributed by atoms with E-state index in [-0.39, 0.29) is 18.5 Å². The van der Waals surface area contributed by atoms with E-state index in [1.54, 1.807) is 18.3 Å². The summed E-state index contributed by atoms with van der Waals surface area (Å²) >= 11 is 0. The van der Waals surface area contributed by atoms with Crippen molar-refractivity contribution in [2.75, 3.05) is 5.32 Å². The van der Waals surface area contributed by atoms with Gasteiger partial charge < -0.3 is 10.1 Å². The molecule has 3 rings (SSSR count). The van der Waals surface area contributed by atoms with E-state index >= 15 is 0 Å². The number of nitrogens with zero attached hydrogens (tertiary/aromatic N) is 2. The summed E-state index contributed by atoms with van der Waals surface area (Å²) in [5.41, 5.74) is 0.0123. The second-order valence-corrected chi connectivity index (χ2v) is 5.78. The second kappa shape index (κ2) is 7.07. The maximum Gasteiger partial charge on any atom is 0.419 e. The summed E-state index contributed by atoms with van der Waals surface area (Å²) in [6.45, 7) is 0.212. The van der Waals surface area contributed by atoms with E-state index in [0.29, 0.717) is 5.88 Å². The van der Waals surface area contributed by atoms with Crippen LogP contribution in [0.5, 0.6) is 5.88 Å². The van der Waals surface area contributed by atoms with E-state index in [0.717, 1.165) is 37.3 Å². The molecule has 1 fully saturated rings. The Hall–Kier alpha value is -2.31. The van der Waals surface area contributed by atoms with Crippen molar-refractivity contribution in [1.82, 2.24) is 9.97 Å². The lowest BCUT2D eigenvalue weighted by molar-refractivity contribution is -0.137. The van der Waals surface area contributed by atoms with Crippen molar-refractivity contribution in [3.63, 3.8) is 0 Å². The molecule has 0 amide bonds. The van der Waals surface area contributed by atoms with E-state index in [2.05, 4.69) is 15.3 Å². The Labute approximate surface area is 138 Å². The summed E-state index contributed by atoms with van der Waals surface area (Å²) in [7, 11) is 0. The first-order valence-electron chi connectivity index (χ1n) is 7.90. The first-order valence-corrected chi connectivity index (χ1v) is 7.90. The minimum atomic E-state index is -4.44. The lowest BCUT2D eigenvalue weighted by Gasteiger charge is -2.14. The number of ether oxygens (including phenoxy) is 1. The van der Waals surface area contributed by atoms with Crippen molar-refractivity contribution in [2.24, 2.45) is 0 Å². The van der Waals surface area contributed by atoms with Gasteiger partial charge >= 0.3 is 6.18 Å². The Morgan fingerprint density at radius 1 is 1.12 bits per heavy atom. The average Bonchev–Trinajstić information content (AvgIpc) is 3.06. The summed E-state index contributed by atoms with van der Waals surface area (Å²) in [6.07, 6.45) is 3.04. The smallest absolute Gasteiger partial charge is 0.419 e. The summed E-state index contributed by atoms with van der Waals surface area (Å²) in [5, 5.41) is 2.74.